The smallest absolute Gasteiger partial charge is 0.303 e. The molecule has 1 fully saturated rings. The summed E-state index contributed by atoms with van der Waals surface area (Å²) in [5.41, 5.74) is 1.58. The topological polar surface area (TPSA) is 92.0 Å². The highest BCUT2D eigenvalue weighted by molar-refractivity contribution is 5.83. The lowest BCUT2D eigenvalue weighted by Gasteiger charge is -2.27. The molecule has 2 N–H and O–H groups in total. The number of hydrogen-bond acceptors (Lipinski definition) is 6. The minimum absolute atomic E-state index is 0.0982. The Bertz CT molecular complexity index is 1220. The SMILES string of the molecule is CC(Nc1cc(F)cc(F)c1)c1cc(CCC(=O)O)cc2c(=O)cc(N3CCOCC3)oc12. The third kappa shape index (κ3) is 5.31. The summed E-state index contributed by atoms with van der Waals surface area (Å²) in [7, 11) is 0. The molecule has 1 atom stereocenters. The van der Waals surface area contributed by atoms with Gasteiger partial charge in [0.25, 0.3) is 0 Å². The second-order valence-corrected chi connectivity index (χ2v) is 8.03. The molecular formula is C24H24F2N2O5. The number of morpholine rings is 1. The number of nitrogens with zero attached hydrogens (tertiary/aromatic N) is 1. The first-order chi connectivity index (χ1) is 15.8. The van der Waals surface area contributed by atoms with Gasteiger partial charge in [-0.25, -0.2) is 8.78 Å². The Balaban J connectivity index is 1.79. The molecule has 0 amide bonds. The van der Waals surface area contributed by atoms with E-state index < -0.39 is 23.6 Å². The molecule has 2 aromatic carbocycles. The number of rotatable bonds is 7. The van der Waals surface area contributed by atoms with Crippen molar-refractivity contribution >= 4 is 28.5 Å². The van der Waals surface area contributed by atoms with Gasteiger partial charge < -0.3 is 24.5 Å². The van der Waals surface area contributed by atoms with Crippen molar-refractivity contribution in [2.45, 2.75) is 25.8 Å². The van der Waals surface area contributed by atoms with E-state index in [2.05, 4.69) is 5.32 Å². The van der Waals surface area contributed by atoms with Gasteiger partial charge in [0, 0.05) is 42.9 Å². The van der Waals surface area contributed by atoms with Crippen molar-refractivity contribution in [3.05, 3.63) is 69.4 Å². The van der Waals surface area contributed by atoms with E-state index >= 15 is 0 Å². The summed E-state index contributed by atoms with van der Waals surface area (Å²) in [5, 5.41) is 12.4. The van der Waals surface area contributed by atoms with Crippen LogP contribution in [0.5, 0.6) is 0 Å². The minimum atomic E-state index is -0.951. The number of ether oxygens (including phenoxy) is 1. The lowest BCUT2D eigenvalue weighted by Crippen LogP contribution is -2.36. The first kappa shape index (κ1) is 22.7. The molecule has 0 aliphatic carbocycles. The maximum absolute atomic E-state index is 13.7. The van der Waals surface area contributed by atoms with Gasteiger partial charge in [0.05, 0.1) is 24.6 Å². The molecule has 2 heterocycles. The summed E-state index contributed by atoms with van der Waals surface area (Å²) in [5.74, 6) is -1.97. The maximum Gasteiger partial charge on any atom is 0.303 e. The standard InChI is InChI=1S/C24H24F2N2O5/c1-14(27-18-11-16(25)10-17(26)12-18)19-8-15(2-3-23(30)31)9-20-21(29)13-22(33-24(19)20)28-4-6-32-7-5-28/h8-14,27H,2-7H2,1H3,(H,30,31). The zero-order valence-electron chi connectivity index (χ0n) is 18.1. The highest BCUT2D eigenvalue weighted by Gasteiger charge is 2.20. The zero-order valence-corrected chi connectivity index (χ0v) is 18.1. The number of hydrogen-bond donors (Lipinski definition) is 2. The Labute approximate surface area is 188 Å². The number of benzene rings is 2. The van der Waals surface area contributed by atoms with Gasteiger partial charge in [0.1, 0.15) is 17.2 Å². The normalized spacial score (nSPS) is 14.9. The summed E-state index contributed by atoms with van der Waals surface area (Å²) in [6.07, 6.45) is 0.128. The number of carbonyl (C=O) groups is 1. The van der Waals surface area contributed by atoms with Gasteiger partial charge >= 0.3 is 5.97 Å². The molecule has 3 aromatic rings. The zero-order chi connectivity index (χ0) is 23.5. The Morgan fingerprint density at radius 2 is 1.82 bits per heavy atom. The second-order valence-electron chi connectivity index (χ2n) is 8.03. The van der Waals surface area contributed by atoms with Crippen LogP contribution in [0.3, 0.4) is 0 Å². The van der Waals surface area contributed by atoms with Crippen molar-refractivity contribution in [2.24, 2.45) is 0 Å². The van der Waals surface area contributed by atoms with Crippen molar-refractivity contribution in [1.29, 1.82) is 0 Å². The quantitative estimate of drug-likeness (QED) is 0.551. The van der Waals surface area contributed by atoms with E-state index in [0.717, 1.165) is 6.07 Å². The third-order valence-corrected chi connectivity index (χ3v) is 5.57. The number of aliphatic carboxylic acids is 1. The molecule has 7 nitrogen and oxygen atoms in total. The molecule has 174 valence electrons. The first-order valence-corrected chi connectivity index (χ1v) is 10.7. The molecule has 33 heavy (non-hydrogen) atoms. The molecule has 1 aromatic heterocycles. The van der Waals surface area contributed by atoms with E-state index in [1.807, 2.05) is 4.90 Å². The van der Waals surface area contributed by atoms with Crippen molar-refractivity contribution in [1.82, 2.24) is 0 Å². The second kappa shape index (κ2) is 9.58. The van der Waals surface area contributed by atoms with Crippen LogP contribution in [0.25, 0.3) is 11.0 Å². The molecule has 1 aliphatic heterocycles. The number of nitrogens with one attached hydrogen (secondary N) is 1. The van der Waals surface area contributed by atoms with Gasteiger partial charge in [-0.2, -0.15) is 0 Å². The number of fused-ring (bicyclic) bond motifs is 1. The van der Waals surface area contributed by atoms with E-state index in [9.17, 15) is 18.4 Å². The average molecular weight is 458 g/mol. The van der Waals surface area contributed by atoms with Gasteiger partial charge in [-0.05, 0) is 43.2 Å². The van der Waals surface area contributed by atoms with Gasteiger partial charge in [0.2, 0.25) is 0 Å². The molecule has 4 rings (SSSR count). The molecule has 0 spiro atoms. The van der Waals surface area contributed by atoms with Gasteiger partial charge in [0.15, 0.2) is 11.3 Å². The van der Waals surface area contributed by atoms with Crippen molar-refractivity contribution in [3.8, 4) is 0 Å². The van der Waals surface area contributed by atoms with Crippen LogP contribution in [0.4, 0.5) is 20.4 Å². The number of carboxylic acids is 1. The number of halogens is 2. The number of carboxylic acid groups (broad SMARTS) is 1. The molecule has 0 bridgehead atoms. The first-order valence-electron chi connectivity index (χ1n) is 10.7. The lowest BCUT2D eigenvalue weighted by molar-refractivity contribution is -0.136. The van der Waals surface area contributed by atoms with Gasteiger partial charge in [-0.15, -0.1) is 0 Å². The van der Waals surface area contributed by atoms with E-state index in [4.69, 9.17) is 14.3 Å². The van der Waals surface area contributed by atoms with Gasteiger partial charge in [-0.3, -0.25) is 9.59 Å². The Morgan fingerprint density at radius 3 is 2.48 bits per heavy atom. The third-order valence-electron chi connectivity index (χ3n) is 5.57. The van der Waals surface area contributed by atoms with Crippen LogP contribution in [0, 0.1) is 11.6 Å². The van der Waals surface area contributed by atoms with Crippen LogP contribution in [-0.2, 0) is 16.0 Å². The van der Waals surface area contributed by atoms with Crippen molar-refractivity contribution in [3.63, 3.8) is 0 Å². The van der Waals surface area contributed by atoms with Gasteiger partial charge in [-0.1, -0.05) is 0 Å². The van der Waals surface area contributed by atoms with Crippen LogP contribution in [0.2, 0.25) is 0 Å². The minimum Gasteiger partial charge on any atom is -0.481 e. The fourth-order valence-corrected chi connectivity index (χ4v) is 3.96. The Morgan fingerprint density at radius 1 is 1.12 bits per heavy atom. The predicted molar refractivity (Wildman–Crippen MR) is 120 cm³/mol. The Hall–Kier alpha value is -3.46. The highest BCUT2D eigenvalue weighted by atomic mass is 19.1. The van der Waals surface area contributed by atoms with E-state index in [0.29, 0.717) is 54.3 Å². The summed E-state index contributed by atoms with van der Waals surface area (Å²) in [6, 6.07) is 7.47. The predicted octanol–water partition coefficient (Wildman–Crippen LogP) is 4.10. The molecule has 1 saturated heterocycles. The number of aryl methyl sites for hydroxylation is 1. The van der Waals surface area contributed by atoms with E-state index in [-0.39, 0.29) is 24.0 Å². The van der Waals surface area contributed by atoms with Crippen LogP contribution in [0.15, 0.2) is 45.6 Å². The largest absolute Gasteiger partial charge is 0.481 e. The van der Waals surface area contributed by atoms with Crippen LogP contribution < -0.4 is 15.6 Å². The Kier molecular flexibility index (Phi) is 6.60. The molecular weight excluding hydrogens is 434 g/mol. The summed E-state index contributed by atoms with van der Waals surface area (Å²) in [6.45, 7) is 3.98. The van der Waals surface area contributed by atoms with Crippen LogP contribution in [-0.4, -0.2) is 37.4 Å². The van der Waals surface area contributed by atoms with Crippen molar-refractivity contribution < 1.29 is 27.8 Å². The maximum atomic E-state index is 13.7. The fourth-order valence-electron chi connectivity index (χ4n) is 3.96. The van der Waals surface area contributed by atoms with Crippen LogP contribution in [0.1, 0.15) is 30.5 Å². The molecule has 0 radical (unpaired) electrons. The van der Waals surface area contributed by atoms with Crippen molar-refractivity contribution in [2.75, 3.05) is 36.5 Å². The monoisotopic (exact) mass is 458 g/mol. The summed E-state index contributed by atoms with van der Waals surface area (Å²) >= 11 is 0. The van der Waals surface area contributed by atoms with E-state index in [1.54, 1.807) is 19.1 Å². The molecule has 9 heteroatoms. The molecule has 1 aliphatic rings. The van der Waals surface area contributed by atoms with E-state index in [1.165, 1.54) is 18.2 Å². The highest BCUT2D eigenvalue weighted by Crippen LogP contribution is 2.31. The number of anilines is 2. The summed E-state index contributed by atoms with van der Waals surface area (Å²) in [4.78, 5) is 26.0. The molecule has 1 unspecified atom stereocenters. The lowest BCUT2D eigenvalue weighted by atomic mass is 9.98. The van der Waals surface area contributed by atoms with Crippen LogP contribution >= 0.6 is 0 Å². The molecule has 0 saturated carbocycles. The fraction of sp³-hybridized carbons (Fsp3) is 0.333. The summed E-state index contributed by atoms with van der Waals surface area (Å²) < 4.78 is 38.9. The average Bonchev–Trinajstić information content (AvgIpc) is 2.77.